The molecule has 0 radical (unpaired) electrons. The molecule has 1 aliphatic carbocycles. The molecule has 19 heavy (non-hydrogen) atoms. The Hall–Kier alpha value is -0.750. The van der Waals surface area contributed by atoms with Gasteiger partial charge in [-0.3, -0.25) is 4.79 Å². The van der Waals surface area contributed by atoms with Gasteiger partial charge in [-0.15, -0.1) is 0 Å². The van der Waals surface area contributed by atoms with Crippen LogP contribution in [0.25, 0.3) is 0 Å². The van der Waals surface area contributed by atoms with Crippen LogP contribution in [0.4, 0.5) is 0 Å². The van der Waals surface area contributed by atoms with Gasteiger partial charge in [0.15, 0.2) is 0 Å². The van der Waals surface area contributed by atoms with Crippen molar-refractivity contribution in [3.63, 3.8) is 0 Å². The number of carboxylic acids is 1. The maximum atomic E-state index is 12.0. The Bertz CT molecular complexity index is 372. The molecular weight excluding hydrogens is 266 g/mol. The molecule has 3 atom stereocenters. The van der Waals surface area contributed by atoms with E-state index in [0.717, 1.165) is 0 Å². The molecule has 1 fully saturated rings. The molecule has 1 aliphatic rings. The molecule has 2 N–H and O–H groups in total. The van der Waals surface area contributed by atoms with E-state index in [1.165, 1.54) is 11.8 Å². The number of hydrogen-bond donors (Lipinski definition) is 2. The van der Waals surface area contributed by atoms with Crippen molar-refractivity contribution in [2.24, 2.45) is 5.41 Å². The van der Waals surface area contributed by atoms with Crippen LogP contribution in [0.5, 0.6) is 0 Å². The lowest BCUT2D eigenvalue weighted by atomic mass is 9.54. The average Bonchev–Trinajstić information content (AvgIpc) is 2.35. The second-order valence-electron chi connectivity index (χ2n) is 5.45. The smallest absolute Gasteiger partial charge is 0.330 e. The fraction of sp³-hybridized carbons (Fsp3) is 0.846. The van der Waals surface area contributed by atoms with E-state index in [2.05, 4.69) is 5.32 Å². The molecule has 0 heterocycles. The summed E-state index contributed by atoms with van der Waals surface area (Å²) in [6, 6.07) is 0. The molecule has 5 nitrogen and oxygen atoms in total. The van der Waals surface area contributed by atoms with Crippen molar-refractivity contribution in [1.29, 1.82) is 0 Å². The second-order valence-corrected chi connectivity index (χ2v) is 6.63. The molecule has 1 amide bonds. The Morgan fingerprint density at radius 1 is 1.53 bits per heavy atom. The van der Waals surface area contributed by atoms with Gasteiger partial charge < -0.3 is 15.2 Å². The van der Waals surface area contributed by atoms with Gasteiger partial charge in [0.05, 0.1) is 11.4 Å². The summed E-state index contributed by atoms with van der Waals surface area (Å²) < 4.78 is 5.55. The molecule has 1 rings (SSSR count). The van der Waals surface area contributed by atoms with Crippen molar-refractivity contribution >= 4 is 23.6 Å². The summed E-state index contributed by atoms with van der Waals surface area (Å²) in [6.07, 6.45) is 2.00. The van der Waals surface area contributed by atoms with E-state index in [4.69, 9.17) is 4.74 Å². The highest BCUT2D eigenvalue weighted by Gasteiger charge is 2.66. The van der Waals surface area contributed by atoms with Crippen molar-refractivity contribution in [3.05, 3.63) is 0 Å². The van der Waals surface area contributed by atoms with Gasteiger partial charge in [-0.2, -0.15) is 11.8 Å². The van der Waals surface area contributed by atoms with Crippen molar-refractivity contribution in [2.75, 3.05) is 12.9 Å². The number of rotatable bonds is 6. The third-order valence-corrected chi connectivity index (χ3v) is 5.11. The van der Waals surface area contributed by atoms with E-state index in [1.54, 1.807) is 6.92 Å². The predicted octanol–water partition coefficient (Wildman–Crippen LogP) is 1.51. The zero-order chi connectivity index (χ0) is 14.8. The van der Waals surface area contributed by atoms with Gasteiger partial charge in [-0.05, 0) is 20.1 Å². The van der Waals surface area contributed by atoms with Crippen LogP contribution >= 0.6 is 11.8 Å². The number of thioether (sulfide) groups is 1. The van der Waals surface area contributed by atoms with E-state index >= 15 is 0 Å². The molecule has 0 aromatic rings. The van der Waals surface area contributed by atoms with Gasteiger partial charge in [0.25, 0.3) is 0 Å². The Balaban J connectivity index is 2.91. The van der Waals surface area contributed by atoms with E-state index in [1.807, 2.05) is 27.0 Å². The number of hydrogen-bond acceptors (Lipinski definition) is 4. The Kier molecular flexibility index (Phi) is 4.90. The van der Waals surface area contributed by atoms with Crippen LogP contribution in [0.15, 0.2) is 0 Å². The molecule has 3 unspecified atom stereocenters. The Morgan fingerprint density at radius 3 is 2.47 bits per heavy atom. The average molecular weight is 289 g/mol. The summed E-state index contributed by atoms with van der Waals surface area (Å²) >= 11 is 1.39. The molecule has 110 valence electrons. The minimum atomic E-state index is -1.23. The SMILES string of the molecule is CCOC1CC(NC(=O)C(C)SC)(C(=O)O)C1(C)C. The van der Waals surface area contributed by atoms with E-state index in [0.29, 0.717) is 13.0 Å². The molecule has 0 aromatic heterocycles. The van der Waals surface area contributed by atoms with E-state index < -0.39 is 16.9 Å². The minimum Gasteiger partial charge on any atom is -0.479 e. The lowest BCUT2D eigenvalue weighted by molar-refractivity contribution is -0.194. The lowest BCUT2D eigenvalue weighted by Crippen LogP contribution is -2.76. The van der Waals surface area contributed by atoms with Crippen LogP contribution in [0.3, 0.4) is 0 Å². The maximum absolute atomic E-state index is 12.0. The number of carbonyl (C=O) groups is 2. The summed E-state index contributed by atoms with van der Waals surface area (Å²) in [5, 5.41) is 12.0. The van der Waals surface area contributed by atoms with Gasteiger partial charge in [-0.1, -0.05) is 13.8 Å². The molecule has 0 spiro atoms. The molecule has 1 saturated carbocycles. The summed E-state index contributed by atoms with van der Waals surface area (Å²) in [5.74, 6) is -1.23. The quantitative estimate of drug-likeness (QED) is 0.775. The zero-order valence-electron chi connectivity index (χ0n) is 12.1. The largest absolute Gasteiger partial charge is 0.479 e. The number of ether oxygens (including phenoxy) is 1. The van der Waals surface area contributed by atoms with Crippen molar-refractivity contribution in [3.8, 4) is 0 Å². The number of nitrogens with one attached hydrogen (secondary N) is 1. The maximum Gasteiger partial charge on any atom is 0.330 e. The third-order valence-electron chi connectivity index (χ3n) is 4.19. The molecule has 0 aromatic carbocycles. The predicted molar refractivity (Wildman–Crippen MR) is 75.3 cm³/mol. The molecular formula is C13H23NO4S. The summed E-state index contributed by atoms with van der Waals surface area (Å²) in [7, 11) is 0. The molecule has 0 saturated heterocycles. The number of aliphatic carboxylic acids is 1. The highest BCUT2D eigenvalue weighted by molar-refractivity contribution is 7.99. The van der Waals surface area contributed by atoms with Crippen molar-refractivity contribution in [2.45, 2.75) is 51.0 Å². The zero-order valence-corrected chi connectivity index (χ0v) is 13.0. The minimum absolute atomic E-state index is 0.140. The second kappa shape index (κ2) is 5.71. The number of amides is 1. The molecule has 0 bridgehead atoms. The van der Waals surface area contributed by atoms with Gasteiger partial charge in [0.2, 0.25) is 5.91 Å². The van der Waals surface area contributed by atoms with Gasteiger partial charge in [0, 0.05) is 18.4 Å². The summed E-state index contributed by atoms with van der Waals surface area (Å²) in [5.41, 5.74) is -1.85. The first-order valence-electron chi connectivity index (χ1n) is 6.42. The van der Waals surface area contributed by atoms with Gasteiger partial charge >= 0.3 is 5.97 Å². The Morgan fingerprint density at radius 2 is 2.11 bits per heavy atom. The highest BCUT2D eigenvalue weighted by atomic mass is 32.2. The van der Waals surface area contributed by atoms with Crippen LogP contribution in [0.1, 0.15) is 34.1 Å². The first-order valence-corrected chi connectivity index (χ1v) is 7.71. The summed E-state index contributed by atoms with van der Waals surface area (Å²) in [6.45, 7) is 7.84. The topological polar surface area (TPSA) is 75.6 Å². The van der Waals surface area contributed by atoms with E-state index in [9.17, 15) is 14.7 Å². The highest BCUT2D eigenvalue weighted by Crippen LogP contribution is 2.51. The first kappa shape index (κ1) is 16.3. The standard InChI is InChI=1S/C13H23NO4S/c1-6-18-9-7-13(11(16)17,12(9,3)4)14-10(15)8(2)19-5/h8-9H,6-7H2,1-5H3,(H,14,15)(H,16,17). The fourth-order valence-electron chi connectivity index (χ4n) is 2.46. The summed E-state index contributed by atoms with van der Waals surface area (Å²) in [4.78, 5) is 23.6. The van der Waals surface area contributed by atoms with Crippen molar-refractivity contribution < 1.29 is 19.4 Å². The van der Waals surface area contributed by atoms with Crippen LogP contribution in [-0.4, -0.2) is 46.7 Å². The normalized spacial score (nSPS) is 30.3. The van der Waals surface area contributed by atoms with Gasteiger partial charge in [-0.25, -0.2) is 4.79 Å². The van der Waals surface area contributed by atoms with E-state index in [-0.39, 0.29) is 17.3 Å². The molecule has 6 heteroatoms. The fourth-order valence-corrected chi connectivity index (χ4v) is 2.73. The molecule has 0 aliphatic heterocycles. The van der Waals surface area contributed by atoms with Crippen LogP contribution in [0, 0.1) is 5.41 Å². The monoisotopic (exact) mass is 289 g/mol. The van der Waals surface area contributed by atoms with Crippen LogP contribution in [-0.2, 0) is 14.3 Å². The Labute approximate surface area is 118 Å². The van der Waals surface area contributed by atoms with Gasteiger partial charge in [0.1, 0.15) is 5.54 Å². The third kappa shape index (κ3) is 2.60. The number of carbonyl (C=O) groups excluding carboxylic acids is 1. The van der Waals surface area contributed by atoms with Crippen LogP contribution in [0.2, 0.25) is 0 Å². The van der Waals surface area contributed by atoms with Crippen molar-refractivity contribution in [1.82, 2.24) is 5.32 Å². The first-order chi connectivity index (χ1) is 8.72. The number of carboxylic acid groups (broad SMARTS) is 1. The lowest BCUT2D eigenvalue weighted by Gasteiger charge is -2.58. The van der Waals surface area contributed by atoms with Crippen LogP contribution < -0.4 is 5.32 Å².